The third-order valence-electron chi connectivity index (χ3n) is 5.12. The zero-order chi connectivity index (χ0) is 23.2. The minimum atomic E-state index is -0.537. The van der Waals surface area contributed by atoms with Gasteiger partial charge in [0.15, 0.2) is 0 Å². The number of ether oxygens (including phenoxy) is 1. The van der Waals surface area contributed by atoms with Crippen LogP contribution >= 0.6 is 0 Å². The van der Waals surface area contributed by atoms with E-state index in [1.165, 1.54) is 10.6 Å². The molecule has 2 aliphatic heterocycles. The number of fused-ring (bicyclic) bond motifs is 1. The van der Waals surface area contributed by atoms with Crippen LogP contribution < -0.4 is 5.73 Å². The lowest BCUT2D eigenvalue weighted by Gasteiger charge is -2.49. The summed E-state index contributed by atoms with van der Waals surface area (Å²) in [7, 11) is 1.72. The third kappa shape index (κ3) is 8.12. The van der Waals surface area contributed by atoms with E-state index in [0.717, 1.165) is 25.8 Å². The molecule has 0 unspecified atom stereocenters. The second-order valence-corrected chi connectivity index (χ2v) is 7.12. The molecule has 0 saturated carbocycles. The Morgan fingerprint density at radius 3 is 2.45 bits per heavy atom. The Hall–Kier alpha value is -2.16. The standard InChI is InChI=1S/C19H29N5O3.2C2H6/c1-21-14-18(25)23-11-12-27-15-22(13-17(23)24(21)19(20)26)10-6-5-9-16-7-3-2-4-8-16;2*1-2/h2-4,7-8,17H,5-6,9-15H2,1H3,(H2,20,26);2*1-2H3/t17-;;/m0../s1. The van der Waals surface area contributed by atoms with E-state index in [1.54, 1.807) is 17.0 Å². The normalized spacial score (nSPS) is 19.8. The number of hydrogen-bond acceptors (Lipinski definition) is 5. The number of nitrogens with zero attached hydrogens (tertiary/aromatic N) is 4. The van der Waals surface area contributed by atoms with Crippen molar-refractivity contribution < 1.29 is 14.3 Å². The largest absolute Gasteiger partial charge is 0.364 e. The molecule has 8 nitrogen and oxygen atoms in total. The highest BCUT2D eigenvalue weighted by Crippen LogP contribution is 2.19. The van der Waals surface area contributed by atoms with Crippen LogP contribution in [0, 0.1) is 0 Å². The summed E-state index contributed by atoms with van der Waals surface area (Å²) in [6.07, 6.45) is 2.75. The van der Waals surface area contributed by atoms with Gasteiger partial charge in [-0.3, -0.25) is 9.69 Å². The highest BCUT2D eigenvalue weighted by atomic mass is 16.5. The smallest absolute Gasteiger partial charge is 0.331 e. The van der Waals surface area contributed by atoms with Crippen molar-refractivity contribution in [3.05, 3.63) is 35.9 Å². The van der Waals surface area contributed by atoms with Crippen molar-refractivity contribution in [2.45, 2.75) is 53.1 Å². The second-order valence-electron chi connectivity index (χ2n) is 7.12. The lowest BCUT2D eigenvalue weighted by Crippen LogP contribution is -2.70. The number of urea groups is 1. The first-order valence-electron chi connectivity index (χ1n) is 11.5. The number of benzene rings is 1. The Morgan fingerprint density at radius 1 is 1.13 bits per heavy atom. The Balaban J connectivity index is 0.00000113. The molecule has 3 amide bonds. The summed E-state index contributed by atoms with van der Waals surface area (Å²) < 4.78 is 5.71. The lowest BCUT2D eigenvalue weighted by atomic mass is 10.1. The van der Waals surface area contributed by atoms with Crippen LogP contribution in [0.1, 0.15) is 46.1 Å². The molecule has 1 aromatic rings. The highest BCUT2D eigenvalue weighted by Gasteiger charge is 2.40. The molecule has 3 rings (SSSR count). The maximum absolute atomic E-state index is 12.4. The van der Waals surface area contributed by atoms with Crippen molar-refractivity contribution in [2.75, 3.05) is 46.6 Å². The van der Waals surface area contributed by atoms with E-state index in [9.17, 15) is 9.59 Å². The predicted octanol–water partition coefficient (Wildman–Crippen LogP) is 2.75. The number of likely N-dealkylation sites (N-methyl/N-ethyl adjacent to an activating group) is 1. The molecule has 0 bridgehead atoms. The van der Waals surface area contributed by atoms with Crippen LogP contribution in [0.3, 0.4) is 0 Å². The number of nitrogens with two attached hydrogens (primary N) is 1. The minimum Gasteiger partial charge on any atom is -0.364 e. The highest BCUT2D eigenvalue weighted by molar-refractivity contribution is 5.82. The summed E-state index contributed by atoms with van der Waals surface area (Å²) in [6.45, 7) is 11.0. The van der Waals surface area contributed by atoms with Gasteiger partial charge >= 0.3 is 6.03 Å². The fourth-order valence-corrected chi connectivity index (χ4v) is 3.76. The zero-order valence-corrected chi connectivity index (χ0v) is 19.9. The Labute approximate surface area is 187 Å². The average Bonchev–Trinajstić information content (AvgIpc) is 2.76. The molecule has 1 atom stereocenters. The second kappa shape index (κ2) is 14.8. The molecule has 2 saturated heterocycles. The van der Waals surface area contributed by atoms with Gasteiger partial charge in [-0.15, -0.1) is 0 Å². The summed E-state index contributed by atoms with van der Waals surface area (Å²) in [5, 5.41) is 3.10. The number of carbonyl (C=O) groups excluding carboxylic acids is 2. The van der Waals surface area contributed by atoms with Gasteiger partial charge in [0, 0.05) is 26.7 Å². The molecule has 0 radical (unpaired) electrons. The summed E-state index contributed by atoms with van der Waals surface area (Å²) in [5.74, 6) is -0.00507. The van der Waals surface area contributed by atoms with Crippen molar-refractivity contribution in [2.24, 2.45) is 5.73 Å². The number of primary amides is 1. The van der Waals surface area contributed by atoms with Crippen molar-refractivity contribution in [1.82, 2.24) is 19.8 Å². The molecule has 2 aliphatic rings. The maximum Gasteiger partial charge on any atom is 0.331 e. The van der Waals surface area contributed by atoms with Crippen LogP contribution in [0.4, 0.5) is 4.79 Å². The van der Waals surface area contributed by atoms with Gasteiger partial charge in [-0.25, -0.2) is 14.8 Å². The van der Waals surface area contributed by atoms with Crippen molar-refractivity contribution >= 4 is 11.9 Å². The van der Waals surface area contributed by atoms with Gasteiger partial charge in [-0.2, -0.15) is 0 Å². The van der Waals surface area contributed by atoms with E-state index in [4.69, 9.17) is 10.5 Å². The topological polar surface area (TPSA) is 82.3 Å². The maximum atomic E-state index is 12.4. The number of carbonyl (C=O) groups is 2. The summed E-state index contributed by atoms with van der Waals surface area (Å²) in [5.41, 5.74) is 6.93. The summed E-state index contributed by atoms with van der Waals surface area (Å²) >= 11 is 0. The van der Waals surface area contributed by atoms with E-state index in [-0.39, 0.29) is 18.6 Å². The van der Waals surface area contributed by atoms with Crippen molar-refractivity contribution in [3.63, 3.8) is 0 Å². The fraction of sp³-hybridized carbons (Fsp3) is 0.652. The number of rotatable bonds is 5. The van der Waals surface area contributed by atoms with E-state index >= 15 is 0 Å². The van der Waals surface area contributed by atoms with Gasteiger partial charge < -0.3 is 15.4 Å². The van der Waals surface area contributed by atoms with Crippen LogP contribution in [0.2, 0.25) is 0 Å². The number of hydrogen-bond donors (Lipinski definition) is 1. The first-order chi connectivity index (χ1) is 15.1. The first kappa shape index (κ1) is 26.9. The molecule has 2 fully saturated rings. The Morgan fingerprint density at radius 2 is 1.81 bits per heavy atom. The van der Waals surface area contributed by atoms with E-state index in [2.05, 4.69) is 29.2 Å². The summed E-state index contributed by atoms with van der Waals surface area (Å²) in [4.78, 5) is 28.3. The van der Waals surface area contributed by atoms with Crippen LogP contribution in [-0.4, -0.2) is 84.5 Å². The Kier molecular flexibility index (Phi) is 12.8. The van der Waals surface area contributed by atoms with Crippen molar-refractivity contribution in [1.29, 1.82) is 0 Å². The molecule has 0 spiro atoms. The molecule has 1 aromatic carbocycles. The van der Waals surface area contributed by atoms with Crippen LogP contribution in [0.25, 0.3) is 0 Å². The molecular weight excluding hydrogens is 394 g/mol. The predicted molar refractivity (Wildman–Crippen MR) is 124 cm³/mol. The molecule has 2 heterocycles. The number of unbranched alkanes of at least 4 members (excludes halogenated alkanes) is 1. The Bertz CT molecular complexity index is 643. The quantitative estimate of drug-likeness (QED) is 0.719. The van der Waals surface area contributed by atoms with Gasteiger partial charge in [-0.1, -0.05) is 58.0 Å². The van der Waals surface area contributed by atoms with E-state index in [0.29, 0.717) is 26.4 Å². The molecule has 176 valence electrons. The van der Waals surface area contributed by atoms with E-state index in [1.807, 2.05) is 33.8 Å². The van der Waals surface area contributed by atoms with Gasteiger partial charge in [-0.05, 0) is 24.8 Å². The first-order valence-corrected chi connectivity index (χ1v) is 11.5. The minimum absolute atomic E-state index is 0.00507. The number of amides is 3. The molecular formula is C23H41N5O3. The van der Waals surface area contributed by atoms with E-state index < -0.39 is 6.03 Å². The fourth-order valence-electron chi connectivity index (χ4n) is 3.76. The molecule has 2 N–H and O–H groups in total. The van der Waals surface area contributed by atoms with Crippen LogP contribution in [-0.2, 0) is 16.0 Å². The lowest BCUT2D eigenvalue weighted by molar-refractivity contribution is -0.172. The molecule has 31 heavy (non-hydrogen) atoms. The zero-order valence-electron chi connectivity index (χ0n) is 19.9. The van der Waals surface area contributed by atoms with Gasteiger partial charge in [0.1, 0.15) is 6.17 Å². The van der Waals surface area contributed by atoms with Gasteiger partial charge in [0.25, 0.3) is 0 Å². The van der Waals surface area contributed by atoms with Crippen LogP contribution in [0.15, 0.2) is 30.3 Å². The SMILES string of the molecule is CC.CC.CN1CC(=O)N2CCOCN(CCCCc3ccccc3)C[C@@H]2N1C(N)=O. The molecule has 0 aliphatic carbocycles. The van der Waals surface area contributed by atoms with Gasteiger partial charge in [0.05, 0.1) is 19.9 Å². The number of aryl methyl sites for hydroxylation is 1. The van der Waals surface area contributed by atoms with Crippen molar-refractivity contribution in [3.8, 4) is 0 Å². The van der Waals surface area contributed by atoms with Gasteiger partial charge in [0.2, 0.25) is 5.91 Å². The monoisotopic (exact) mass is 435 g/mol. The third-order valence-corrected chi connectivity index (χ3v) is 5.12. The average molecular weight is 436 g/mol. The van der Waals surface area contributed by atoms with Crippen LogP contribution in [0.5, 0.6) is 0 Å². The molecule has 0 aromatic heterocycles. The molecule has 8 heteroatoms. The number of hydrazine groups is 1. The summed E-state index contributed by atoms with van der Waals surface area (Å²) in [6, 6.07) is 9.90.